The molecule has 0 radical (unpaired) electrons. The molecule has 2 unspecified atom stereocenters. The summed E-state index contributed by atoms with van der Waals surface area (Å²) in [5, 5.41) is 14.1. The smallest absolute Gasteiger partial charge is 0.407 e. The molecule has 0 bridgehead atoms. The quantitative estimate of drug-likeness (QED) is 0.0238. The number of cyclic esters (lactones) is 1. The number of pyridine rings is 2. The Hall–Kier alpha value is -7.62. The van der Waals surface area contributed by atoms with Crippen LogP contribution in [0.3, 0.4) is 0 Å². The van der Waals surface area contributed by atoms with E-state index in [0.717, 1.165) is 33.3 Å². The molecule has 2 aromatic heterocycles. The minimum Gasteiger partial charge on any atom is -0.486 e. The molecule has 0 saturated carbocycles. The highest BCUT2D eigenvalue weighted by atomic mass is 32.1. The molecule has 0 spiro atoms. The average molecular weight is 1040 g/mol. The number of alkyl carbamates (subject to hydrolysis) is 1. The predicted molar refractivity (Wildman–Crippen MR) is 273 cm³/mol. The number of carbonyl (C=O) groups is 8. The Balaban J connectivity index is 0.00000260. The number of likely N-dealkylation sites (tertiary alicyclic amines) is 1. The third kappa shape index (κ3) is 13.3. The molecule has 2 aromatic carbocycles. The Kier molecular flexibility index (Phi) is 18.6. The topological polar surface area (TPSA) is 281 Å². The maximum atomic E-state index is 13.5. The minimum absolute atomic E-state index is 0.0718. The van der Waals surface area contributed by atoms with E-state index < -0.39 is 35.9 Å². The van der Waals surface area contributed by atoms with Crippen molar-refractivity contribution in [2.45, 2.75) is 123 Å². The first kappa shape index (κ1) is 54.2. The van der Waals surface area contributed by atoms with Crippen LogP contribution in [0.15, 0.2) is 42.5 Å². The van der Waals surface area contributed by atoms with Gasteiger partial charge in [-0.25, -0.2) is 14.6 Å². The molecule has 22 heteroatoms. The fourth-order valence-electron chi connectivity index (χ4n) is 9.10. The molecule has 394 valence electrons. The summed E-state index contributed by atoms with van der Waals surface area (Å²) in [4.78, 5) is 106. The zero-order valence-corrected chi connectivity index (χ0v) is 42.7. The highest BCUT2D eigenvalue weighted by molar-refractivity contribution is 7.71. The van der Waals surface area contributed by atoms with Crippen molar-refractivity contribution in [2.75, 3.05) is 38.2 Å². The summed E-state index contributed by atoms with van der Waals surface area (Å²) in [5.41, 5.74) is 11.5. The van der Waals surface area contributed by atoms with Crippen LogP contribution in [0.4, 0.5) is 15.3 Å². The lowest BCUT2D eigenvalue weighted by Crippen LogP contribution is -2.47. The summed E-state index contributed by atoms with van der Waals surface area (Å²) in [6, 6.07) is 10.5. The second-order valence-corrected chi connectivity index (χ2v) is 18.6. The lowest BCUT2D eigenvalue weighted by Gasteiger charge is -2.25. The molecule has 0 aliphatic carbocycles. The Morgan fingerprint density at radius 1 is 0.865 bits per heavy atom. The number of urea groups is 1. The van der Waals surface area contributed by atoms with Crippen LogP contribution in [-0.4, -0.2) is 101 Å². The van der Waals surface area contributed by atoms with Gasteiger partial charge >= 0.3 is 18.1 Å². The molecule has 1 saturated heterocycles. The highest BCUT2D eigenvalue weighted by Crippen LogP contribution is 2.43. The molecule has 8 amide bonds. The van der Waals surface area contributed by atoms with Crippen molar-refractivity contribution in [3.63, 3.8) is 0 Å². The number of nitrogens with one attached hydrogen (secondary N) is 5. The molecular formula is C52H63N9O12S. The normalized spacial score (nSPS) is 15.4. The fraction of sp³-hybridized carbons (Fsp3) is 0.462. The zero-order valence-electron chi connectivity index (χ0n) is 41.9. The number of aromatic nitrogens is 2. The van der Waals surface area contributed by atoms with Gasteiger partial charge in [0.15, 0.2) is 11.5 Å². The van der Waals surface area contributed by atoms with Gasteiger partial charge in [-0.2, -0.15) is 0 Å². The van der Waals surface area contributed by atoms with Gasteiger partial charge in [-0.15, -0.1) is 0 Å². The van der Waals surface area contributed by atoms with Crippen molar-refractivity contribution in [1.82, 2.24) is 35.7 Å². The largest absolute Gasteiger partial charge is 0.486 e. The fourth-order valence-corrected chi connectivity index (χ4v) is 9.44. The van der Waals surface area contributed by atoms with E-state index in [1.54, 1.807) is 24.3 Å². The van der Waals surface area contributed by atoms with Crippen LogP contribution in [0.2, 0.25) is 0 Å². The summed E-state index contributed by atoms with van der Waals surface area (Å²) in [6.07, 6.45) is 3.83. The molecule has 1 fully saturated rings. The Morgan fingerprint density at radius 3 is 2.28 bits per heavy atom. The van der Waals surface area contributed by atoms with E-state index in [1.165, 1.54) is 11.3 Å². The first-order valence-corrected chi connectivity index (χ1v) is 25.5. The van der Waals surface area contributed by atoms with Crippen LogP contribution < -0.4 is 41.8 Å². The third-order valence-electron chi connectivity index (χ3n) is 12.8. The lowest BCUT2D eigenvalue weighted by atomic mass is 9.90. The van der Waals surface area contributed by atoms with Crippen LogP contribution in [-0.2, 0) is 64.5 Å². The maximum Gasteiger partial charge on any atom is 0.407 e. The van der Waals surface area contributed by atoms with Gasteiger partial charge in [0.1, 0.15) is 37.1 Å². The average Bonchev–Trinajstić information content (AvgIpc) is 3.91. The van der Waals surface area contributed by atoms with Crippen LogP contribution in [0.1, 0.15) is 119 Å². The molecule has 4 aliphatic rings. The van der Waals surface area contributed by atoms with E-state index >= 15 is 0 Å². The second-order valence-electron chi connectivity index (χ2n) is 18.3. The number of rotatable bonds is 20. The number of nitrogens with zero attached hydrogens (tertiary/aromatic N) is 3. The number of fused-ring (bicyclic) bond motifs is 6. The molecule has 4 aromatic rings. The Labute approximate surface area is 432 Å². The second kappa shape index (κ2) is 25.4. The molecule has 2 atom stereocenters. The molecule has 7 N–H and O–H groups in total. The van der Waals surface area contributed by atoms with Crippen molar-refractivity contribution in [1.29, 1.82) is 0 Å². The van der Waals surface area contributed by atoms with Crippen LogP contribution in [0.5, 0.6) is 11.5 Å². The van der Waals surface area contributed by atoms with Crippen molar-refractivity contribution >= 4 is 76.4 Å². The Morgan fingerprint density at radius 2 is 1.58 bits per heavy atom. The number of unbranched alkanes of at least 4 members (excludes halogenated alkanes) is 2. The van der Waals surface area contributed by atoms with Gasteiger partial charge in [0, 0.05) is 67.2 Å². The first-order valence-electron chi connectivity index (χ1n) is 25.1. The van der Waals surface area contributed by atoms with E-state index in [-0.39, 0.29) is 82.2 Å². The van der Waals surface area contributed by atoms with Crippen molar-refractivity contribution in [3.8, 4) is 22.9 Å². The Bertz CT molecular complexity index is 2860. The number of carbonyl (C=O) groups excluding carboxylic acids is 8. The minimum atomic E-state index is -1.04. The summed E-state index contributed by atoms with van der Waals surface area (Å²) in [7, 11) is 0. The van der Waals surface area contributed by atoms with Crippen LogP contribution in [0, 0.1) is 4.64 Å². The standard InChI is InChI=1S/C49H55N9O12S.C3H8/c1-2-29-30-19-37-44-33(24-58(37)46(71)34(30)26-69-47(29)64)32(31-20-38-39(21-36(31)56-44)68-18-17-67-38)22-53-49(66)70-25-27-9-11-28(12-10-27)54-45(63)35(7-6-15-51-48(50)65)55-41(60)23-52-40(59)8-4-3-5-16-57-42(61)13-14-43(57)62;1-3-2/h9-12,19-21,29,35H,2-8,13-18,22-26H2,1H3,(H,52,59)(H,53,66)(H,54,63)(H,55,60)(H3,50,51,65);3H2,1-2H3. The van der Waals surface area contributed by atoms with Crippen molar-refractivity contribution < 1.29 is 57.3 Å². The first-order chi connectivity index (χ1) is 35.7. The van der Waals surface area contributed by atoms with Gasteiger partial charge in [-0.1, -0.05) is 58.0 Å². The van der Waals surface area contributed by atoms with Gasteiger partial charge in [0.25, 0.3) is 0 Å². The monoisotopic (exact) mass is 1040 g/mol. The number of hydrogen-bond acceptors (Lipinski definition) is 14. The number of imide groups is 1. The summed E-state index contributed by atoms with van der Waals surface area (Å²) in [5.74, 6) is -1.48. The molecule has 4 aliphatic heterocycles. The number of amides is 8. The number of anilines is 1. The number of hydrogen-bond donors (Lipinski definition) is 6. The molecular weight excluding hydrogens is 975 g/mol. The highest BCUT2D eigenvalue weighted by Gasteiger charge is 2.35. The number of benzene rings is 2. The van der Waals surface area contributed by atoms with Crippen molar-refractivity contribution in [3.05, 3.63) is 74.9 Å². The van der Waals surface area contributed by atoms with Crippen LogP contribution >= 0.6 is 12.2 Å². The zero-order chi connectivity index (χ0) is 52.9. The van der Waals surface area contributed by atoms with E-state index in [4.69, 9.17) is 41.9 Å². The van der Waals surface area contributed by atoms with E-state index in [1.807, 2.05) is 29.7 Å². The molecule has 74 heavy (non-hydrogen) atoms. The number of nitrogens with two attached hydrogens (primary N) is 1. The maximum absolute atomic E-state index is 13.5. The van der Waals surface area contributed by atoms with Gasteiger partial charge in [0.2, 0.25) is 29.5 Å². The number of esters is 1. The SMILES string of the molecule is CCC.CCC1C(=O)OCc2c1cc1n(c2=S)Cc2c-1nc1cc3c(cc1c2CNC(=O)OCc1ccc(NC(=O)C(CCCNC(N)=O)NC(=O)CNC(=O)CCCCCN2C(=O)CCC2=O)cc1)OCCO3. The summed E-state index contributed by atoms with van der Waals surface area (Å²) in [6.45, 7) is 7.51. The number of primary amides is 1. The van der Waals surface area contributed by atoms with Gasteiger partial charge in [-0.3, -0.25) is 33.7 Å². The molecule has 6 heterocycles. The number of ether oxygens (including phenoxy) is 4. The van der Waals surface area contributed by atoms with E-state index in [2.05, 4.69) is 40.4 Å². The van der Waals surface area contributed by atoms with Crippen LogP contribution in [0.25, 0.3) is 22.3 Å². The predicted octanol–water partition coefficient (Wildman–Crippen LogP) is 5.66. The lowest BCUT2D eigenvalue weighted by molar-refractivity contribution is -0.148. The third-order valence-corrected chi connectivity index (χ3v) is 13.3. The van der Waals surface area contributed by atoms with E-state index in [9.17, 15) is 38.4 Å². The summed E-state index contributed by atoms with van der Waals surface area (Å²) >= 11 is 5.98. The van der Waals surface area contributed by atoms with Gasteiger partial charge in [0.05, 0.1) is 35.9 Å². The van der Waals surface area contributed by atoms with Gasteiger partial charge in [-0.05, 0) is 73.1 Å². The van der Waals surface area contributed by atoms with Gasteiger partial charge < -0.3 is 55.8 Å². The summed E-state index contributed by atoms with van der Waals surface area (Å²) < 4.78 is 25.5. The molecule has 21 nitrogen and oxygen atoms in total. The van der Waals surface area contributed by atoms with Crippen molar-refractivity contribution in [2.24, 2.45) is 5.73 Å². The molecule has 8 rings (SSSR count). The van der Waals surface area contributed by atoms with E-state index in [0.29, 0.717) is 97.0 Å².